The maximum atomic E-state index is 12.1. The molecule has 0 saturated heterocycles. The van der Waals surface area contributed by atoms with E-state index in [2.05, 4.69) is 20.8 Å². The summed E-state index contributed by atoms with van der Waals surface area (Å²) in [7, 11) is 0. The van der Waals surface area contributed by atoms with E-state index in [0.717, 1.165) is 32.7 Å². The Bertz CT molecular complexity index is 797. The number of rotatable bonds is 7. The van der Waals surface area contributed by atoms with Crippen LogP contribution in [0.1, 0.15) is 25.6 Å². The van der Waals surface area contributed by atoms with Crippen LogP contribution >= 0.6 is 23.1 Å². The first-order valence-electron chi connectivity index (χ1n) is 7.63. The second-order valence-electron chi connectivity index (χ2n) is 5.17. The van der Waals surface area contributed by atoms with Crippen molar-refractivity contribution in [3.63, 3.8) is 0 Å². The second kappa shape index (κ2) is 7.67. The molecule has 3 aromatic rings. The summed E-state index contributed by atoms with van der Waals surface area (Å²) >= 11 is 2.83. The average Bonchev–Trinajstić information content (AvgIpc) is 3.19. The van der Waals surface area contributed by atoms with E-state index in [1.54, 1.807) is 0 Å². The lowest BCUT2D eigenvalue weighted by Gasteiger charge is -2.10. The van der Waals surface area contributed by atoms with Crippen molar-refractivity contribution < 1.29 is 9.21 Å². The Morgan fingerprint density at radius 1 is 1.38 bits per heavy atom. The fourth-order valence-electron chi connectivity index (χ4n) is 2.19. The van der Waals surface area contributed by atoms with Gasteiger partial charge in [-0.15, -0.1) is 10.2 Å². The Labute approximate surface area is 148 Å². The minimum absolute atomic E-state index is 0.0619. The first-order valence-corrected chi connectivity index (χ1v) is 9.44. The van der Waals surface area contributed by atoms with Crippen molar-refractivity contribution in [2.45, 2.75) is 24.2 Å². The molecule has 0 aliphatic rings. The zero-order valence-electron chi connectivity index (χ0n) is 13.4. The fourth-order valence-corrected chi connectivity index (χ4v) is 3.82. The maximum Gasteiger partial charge on any atom is 0.231 e. The van der Waals surface area contributed by atoms with Crippen molar-refractivity contribution in [1.29, 1.82) is 0 Å². The summed E-state index contributed by atoms with van der Waals surface area (Å²) < 4.78 is 6.55. The number of thioether (sulfide) groups is 1. The Hall–Kier alpha value is -2.06. The fraction of sp³-hybridized carbons (Fsp3) is 0.312. The van der Waals surface area contributed by atoms with Gasteiger partial charge in [0.25, 0.3) is 0 Å². The molecule has 2 heterocycles. The van der Waals surface area contributed by atoms with Crippen LogP contribution in [0.3, 0.4) is 0 Å². The molecule has 0 spiro atoms. The van der Waals surface area contributed by atoms with Crippen LogP contribution in [0.25, 0.3) is 11.0 Å². The van der Waals surface area contributed by atoms with Crippen molar-refractivity contribution in [2.75, 3.05) is 17.6 Å². The molecule has 24 heavy (non-hydrogen) atoms. The van der Waals surface area contributed by atoms with Gasteiger partial charge in [-0.1, -0.05) is 41.3 Å². The number of hydrogen-bond donors (Lipinski definition) is 2. The quantitative estimate of drug-likeness (QED) is 0.624. The number of benzene rings is 1. The largest absolute Gasteiger partial charge is 0.459 e. The third-order valence-corrected chi connectivity index (χ3v) is 5.32. The first kappa shape index (κ1) is 16.8. The summed E-state index contributed by atoms with van der Waals surface area (Å²) in [6, 6.07) is 9.58. The van der Waals surface area contributed by atoms with Crippen LogP contribution < -0.4 is 10.6 Å². The van der Waals surface area contributed by atoms with E-state index in [9.17, 15) is 4.79 Å². The summed E-state index contributed by atoms with van der Waals surface area (Å²) in [6.45, 7) is 4.71. The SMILES string of the molecule is CCNc1nnc(SCC(=O)N[C@H](C)c2cc3ccccc3o2)s1. The van der Waals surface area contributed by atoms with Gasteiger partial charge in [0.05, 0.1) is 11.8 Å². The smallest absolute Gasteiger partial charge is 0.231 e. The minimum Gasteiger partial charge on any atom is -0.459 e. The number of aromatic nitrogens is 2. The molecule has 0 saturated carbocycles. The standard InChI is InChI=1S/C16H18N4O2S2/c1-3-17-15-19-20-16(24-15)23-9-14(21)18-10(2)13-8-11-6-4-5-7-12(11)22-13/h4-8,10H,3,9H2,1-2H3,(H,17,19)(H,18,21)/t10-/m1/s1. The van der Waals surface area contributed by atoms with Crippen LogP contribution in [0.2, 0.25) is 0 Å². The Kier molecular flexibility index (Phi) is 5.37. The van der Waals surface area contributed by atoms with Gasteiger partial charge in [0.1, 0.15) is 11.3 Å². The van der Waals surface area contributed by atoms with E-state index in [0.29, 0.717) is 5.75 Å². The number of amides is 1. The molecule has 0 bridgehead atoms. The lowest BCUT2D eigenvalue weighted by Crippen LogP contribution is -2.27. The molecular weight excluding hydrogens is 344 g/mol. The molecule has 0 unspecified atom stereocenters. The topological polar surface area (TPSA) is 80.0 Å². The first-order chi connectivity index (χ1) is 11.7. The molecule has 2 aromatic heterocycles. The second-order valence-corrected chi connectivity index (χ2v) is 7.37. The van der Waals surface area contributed by atoms with Gasteiger partial charge in [0.2, 0.25) is 11.0 Å². The molecule has 1 atom stereocenters. The molecule has 2 N–H and O–H groups in total. The van der Waals surface area contributed by atoms with Crippen LogP contribution in [0.5, 0.6) is 0 Å². The highest BCUT2D eigenvalue weighted by atomic mass is 32.2. The van der Waals surface area contributed by atoms with Gasteiger partial charge in [-0.25, -0.2) is 0 Å². The lowest BCUT2D eigenvalue weighted by atomic mass is 10.2. The summed E-state index contributed by atoms with van der Waals surface area (Å²) in [5.41, 5.74) is 0.827. The summed E-state index contributed by atoms with van der Waals surface area (Å²) in [6.07, 6.45) is 0. The van der Waals surface area contributed by atoms with Crippen LogP contribution in [-0.2, 0) is 4.79 Å². The Morgan fingerprint density at radius 3 is 3.00 bits per heavy atom. The number of hydrogen-bond acceptors (Lipinski definition) is 7. The van der Waals surface area contributed by atoms with E-state index in [1.165, 1.54) is 23.1 Å². The van der Waals surface area contributed by atoms with Gasteiger partial charge in [0.15, 0.2) is 4.34 Å². The monoisotopic (exact) mass is 362 g/mol. The van der Waals surface area contributed by atoms with Crippen molar-refractivity contribution in [3.8, 4) is 0 Å². The minimum atomic E-state index is -0.183. The number of nitrogens with one attached hydrogen (secondary N) is 2. The van der Waals surface area contributed by atoms with Crippen molar-refractivity contribution in [3.05, 3.63) is 36.1 Å². The van der Waals surface area contributed by atoms with Gasteiger partial charge in [-0.05, 0) is 26.0 Å². The Morgan fingerprint density at radius 2 is 2.21 bits per heavy atom. The molecule has 0 aliphatic heterocycles. The molecule has 6 nitrogen and oxygen atoms in total. The van der Waals surface area contributed by atoms with Gasteiger partial charge < -0.3 is 15.1 Å². The normalized spacial score (nSPS) is 12.2. The third kappa shape index (κ3) is 4.07. The molecule has 0 aliphatic carbocycles. The van der Waals surface area contributed by atoms with Crippen LogP contribution in [0.4, 0.5) is 5.13 Å². The molecular formula is C16H18N4O2S2. The van der Waals surface area contributed by atoms with Crippen molar-refractivity contribution in [1.82, 2.24) is 15.5 Å². The number of nitrogens with zero attached hydrogens (tertiary/aromatic N) is 2. The van der Waals surface area contributed by atoms with E-state index in [4.69, 9.17) is 4.42 Å². The predicted octanol–water partition coefficient (Wildman–Crippen LogP) is 3.69. The summed E-state index contributed by atoms with van der Waals surface area (Å²) in [5, 5.41) is 15.9. The molecule has 3 rings (SSSR count). The van der Waals surface area contributed by atoms with Crippen LogP contribution in [0, 0.1) is 0 Å². The highest BCUT2D eigenvalue weighted by molar-refractivity contribution is 8.01. The highest BCUT2D eigenvalue weighted by Gasteiger charge is 2.15. The zero-order valence-corrected chi connectivity index (χ0v) is 15.0. The molecule has 1 amide bonds. The molecule has 8 heteroatoms. The van der Waals surface area contributed by atoms with Gasteiger partial charge >= 0.3 is 0 Å². The Balaban J connectivity index is 1.53. The lowest BCUT2D eigenvalue weighted by molar-refractivity contribution is -0.119. The van der Waals surface area contributed by atoms with E-state index in [-0.39, 0.29) is 11.9 Å². The third-order valence-electron chi connectivity index (χ3n) is 3.31. The zero-order chi connectivity index (χ0) is 16.9. The molecule has 0 radical (unpaired) electrons. The number of carbonyl (C=O) groups excluding carboxylic acids is 1. The van der Waals surface area contributed by atoms with Gasteiger partial charge in [-0.2, -0.15) is 0 Å². The average molecular weight is 362 g/mol. The van der Waals surface area contributed by atoms with E-state index in [1.807, 2.05) is 44.2 Å². The van der Waals surface area contributed by atoms with Crippen LogP contribution in [0.15, 0.2) is 39.1 Å². The molecule has 126 valence electrons. The number of fused-ring (bicyclic) bond motifs is 1. The highest BCUT2D eigenvalue weighted by Crippen LogP contribution is 2.26. The number of carbonyl (C=O) groups is 1. The predicted molar refractivity (Wildman–Crippen MR) is 97.6 cm³/mol. The van der Waals surface area contributed by atoms with Gasteiger partial charge in [-0.3, -0.25) is 4.79 Å². The van der Waals surface area contributed by atoms with E-state index < -0.39 is 0 Å². The number of furan rings is 1. The maximum absolute atomic E-state index is 12.1. The number of para-hydroxylation sites is 1. The van der Waals surface area contributed by atoms with Crippen molar-refractivity contribution >= 4 is 45.1 Å². The van der Waals surface area contributed by atoms with Crippen LogP contribution in [-0.4, -0.2) is 28.4 Å². The summed E-state index contributed by atoms with van der Waals surface area (Å²) in [4.78, 5) is 12.1. The molecule has 1 aromatic carbocycles. The number of anilines is 1. The van der Waals surface area contributed by atoms with E-state index >= 15 is 0 Å². The van der Waals surface area contributed by atoms with Crippen molar-refractivity contribution in [2.24, 2.45) is 0 Å². The summed E-state index contributed by atoms with van der Waals surface area (Å²) in [5.74, 6) is 0.985. The molecule has 0 fully saturated rings. The van der Waals surface area contributed by atoms with Gasteiger partial charge in [0, 0.05) is 11.9 Å².